The Kier molecular flexibility index (Phi) is 36.9. The molecule has 1 N–H and O–H groups in total. The molecule has 0 saturated heterocycles. The first-order valence-electron chi connectivity index (χ1n) is 3.02. The van der Waals surface area contributed by atoms with Crippen LogP contribution in [-0.4, -0.2) is 5.11 Å². The summed E-state index contributed by atoms with van der Waals surface area (Å²) in [7, 11) is 0. The Bertz CT molecular complexity index is 175. The van der Waals surface area contributed by atoms with Gasteiger partial charge in [0, 0.05) is 23.0 Å². The Hall–Kier alpha value is -0.721. The maximum absolute atomic E-state index is 8.72. The van der Waals surface area contributed by atoms with Gasteiger partial charge in [0.05, 0.1) is 5.76 Å². The summed E-state index contributed by atoms with van der Waals surface area (Å²) in [6, 6.07) is 0. The van der Waals surface area contributed by atoms with Crippen LogP contribution in [0, 0.1) is 51.6 Å². The van der Waals surface area contributed by atoms with Gasteiger partial charge in [0.25, 0.3) is 0 Å². The average molecular weight is 246 g/mol. The summed E-state index contributed by atoms with van der Waals surface area (Å²) in [6.07, 6.45) is 7.33. The third-order valence-corrected chi connectivity index (χ3v) is 0.996. The van der Waals surface area contributed by atoms with E-state index in [0.717, 1.165) is 5.92 Å². The first kappa shape index (κ1) is 23.8. The van der Waals surface area contributed by atoms with Crippen LogP contribution in [0.25, 0.3) is 0 Å². The van der Waals surface area contributed by atoms with E-state index in [1.807, 2.05) is 25.7 Å². The van der Waals surface area contributed by atoms with Crippen LogP contribution in [0.4, 0.5) is 0 Å². The molecular weight excluding hydrogens is 239 g/mol. The number of hydrogen-bond donors (Lipinski definition) is 1. The number of aliphatic hydroxyl groups is 1. The molecule has 0 aromatic carbocycles. The molecule has 0 aliphatic heterocycles. The zero-order valence-corrected chi connectivity index (χ0v) is 8.75. The molecule has 5 heteroatoms. The first-order chi connectivity index (χ1) is 6.80. The molecule has 0 aromatic heterocycles. The van der Waals surface area contributed by atoms with Crippen molar-refractivity contribution in [2.45, 2.75) is 0 Å². The van der Waals surface area contributed by atoms with E-state index >= 15 is 0 Å². The van der Waals surface area contributed by atoms with Crippen molar-refractivity contribution in [3.8, 4) is 0 Å². The number of rotatable bonds is 1. The second-order valence-electron chi connectivity index (χ2n) is 1.62. The Labute approximate surface area is 100 Å². The van der Waals surface area contributed by atoms with Gasteiger partial charge in [-0.05, 0) is 25.7 Å². The zero-order valence-electron chi connectivity index (χ0n) is 7.57. The monoisotopic (exact) mass is 246 g/mol. The molecule has 78 valence electrons. The van der Waals surface area contributed by atoms with Crippen LogP contribution in [0.5, 0.6) is 0 Å². The Morgan fingerprint density at radius 3 is 1.40 bits per heavy atom. The molecule has 0 spiro atoms. The van der Waals surface area contributed by atoms with Gasteiger partial charge in [-0.25, -0.2) is 0 Å². The fraction of sp³-hybridized carbons (Fsp3) is 0. The second kappa shape index (κ2) is 23.3. The van der Waals surface area contributed by atoms with Crippen molar-refractivity contribution < 1.29 is 36.1 Å². The quantitative estimate of drug-likeness (QED) is 0.322. The molecule has 0 aromatic rings. The summed E-state index contributed by atoms with van der Waals surface area (Å²) >= 11 is 0. The van der Waals surface area contributed by atoms with Crippen molar-refractivity contribution >= 4 is 0 Å². The summed E-state index contributed by atoms with van der Waals surface area (Å²) in [5, 5.41) is 8.72. The van der Waals surface area contributed by atoms with Crippen molar-refractivity contribution in [2.24, 2.45) is 0 Å². The van der Waals surface area contributed by atoms with E-state index in [-0.39, 0.29) is 22.8 Å². The fourth-order valence-electron chi connectivity index (χ4n) is 0.566. The molecule has 6 radical (unpaired) electrons. The smallest absolute Gasteiger partial charge is 0 e. The van der Waals surface area contributed by atoms with Crippen LogP contribution >= 0.6 is 0 Å². The normalized spacial score (nSPS) is 11.9. The minimum atomic E-state index is 0. The molecule has 15 heavy (non-hydrogen) atoms. The molecule has 0 amide bonds. The van der Waals surface area contributed by atoms with Crippen LogP contribution in [-0.2, 0) is 31.0 Å². The number of allylic oxidation sites excluding steroid dienone is 1. The van der Waals surface area contributed by atoms with Crippen molar-refractivity contribution in [3.05, 3.63) is 63.9 Å². The van der Waals surface area contributed by atoms with E-state index in [1.54, 1.807) is 0 Å². The van der Waals surface area contributed by atoms with Crippen LogP contribution in [0.2, 0.25) is 0 Å². The molecule has 0 atom stereocenters. The third kappa shape index (κ3) is 16.0. The topological polar surface area (TPSA) is 79.9 Å². The minimum absolute atomic E-state index is 0. The molecule has 1 aliphatic carbocycles. The SMILES string of the molecule is C=C(O)[C]1[CH][CH][CH][CH]1.[C-]#[O+].[C-]#[O+].[C-]#[O+].[Mn]. The van der Waals surface area contributed by atoms with Crippen molar-refractivity contribution in [1.29, 1.82) is 0 Å². The van der Waals surface area contributed by atoms with Gasteiger partial charge in [-0.2, -0.15) is 0 Å². The maximum atomic E-state index is 8.72. The molecule has 0 unspecified atom stereocenters. The molecule has 0 bridgehead atoms. The summed E-state index contributed by atoms with van der Waals surface area (Å²) < 4.78 is 22.5. The van der Waals surface area contributed by atoms with Gasteiger partial charge in [-0.1, -0.05) is 6.58 Å². The van der Waals surface area contributed by atoms with E-state index < -0.39 is 0 Å². The van der Waals surface area contributed by atoms with Gasteiger partial charge in [-0.15, -0.1) is 0 Å². The Morgan fingerprint density at radius 2 is 1.27 bits per heavy atom. The molecule has 1 aliphatic rings. The summed E-state index contributed by atoms with van der Waals surface area (Å²) in [5.74, 6) is 0.931. The molecule has 1 rings (SSSR count). The average Bonchev–Trinajstić information content (AvgIpc) is 2.80. The third-order valence-electron chi connectivity index (χ3n) is 0.996. The van der Waals surface area contributed by atoms with Gasteiger partial charge in [0.1, 0.15) is 0 Å². The van der Waals surface area contributed by atoms with E-state index in [1.165, 1.54) is 0 Å². The zero-order chi connectivity index (χ0) is 12.0. The van der Waals surface area contributed by atoms with Crippen LogP contribution < -0.4 is 0 Å². The van der Waals surface area contributed by atoms with Gasteiger partial charge < -0.3 is 5.11 Å². The number of hydrogen-bond acceptors (Lipinski definition) is 1. The summed E-state index contributed by atoms with van der Waals surface area (Å²) in [6.45, 7) is 16.9. The summed E-state index contributed by atoms with van der Waals surface area (Å²) in [5.41, 5.74) is 0. The van der Waals surface area contributed by atoms with Crippen molar-refractivity contribution in [1.82, 2.24) is 0 Å². The predicted molar refractivity (Wildman–Crippen MR) is 44.0 cm³/mol. The van der Waals surface area contributed by atoms with Crippen LogP contribution in [0.15, 0.2) is 12.3 Å². The standard InChI is InChI=1S/C7H7O.3CO.Mn/c1-6(8)7-4-2-3-5-7;3*1-2;/h2-5,8H,1H2;;;;. The van der Waals surface area contributed by atoms with Crippen LogP contribution in [0.3, 0.4) is 0 Å². The van der Waals surface area contributed by atoms with E-state index in [2.05, 4.69) is 26.5 Å². The van der Waals surface area contributed by atoms with E-state index in [4.69, 9.17) is 19.1 Å². The van der Waals surface area contributed by atoms with Gasteiger partial charge in [0.2, 0.25) is 0 Å². The van der Waals surface area contributed by atoms with E-state index in [0.29, 0.717) is 0 Å². The molecule has 1 fully saturated rings. The largest absolute Gasteiger partial charge is 0 e. The Morgan fingerprint density at radius 1 is 1.00 bits per heavy atom. The van der Waals surface area contributed by atoms with Crippen molar-refractivity contribution in [3.63, 3.8) is 0 Å². The molecule has 1 saturated carbocycles. The van der Waals surface area contributed by atoms with Crippen LogP contribution in [0.1, 0.15) is 0 Å². The molecular formula is C10H7MnO4. The van der Waals surface area contributed by atoms with Gasteiger partial charge in [-0.3, -0.25) is 0 Å². The predicted octanol–water partition coefficient (Wildman–Crippen LogP) is 1.35. The van der Waals surface area contributed by atoms with E-state index in [9.17, 15) is 0 Å². The number of aliphatic hydroxyl groups excluding tert-OH is 1. The van der Waals surface area contributed by atoms with Gasteiger partial charge in [0.15, 0.2) is 0 Å². The minimum Gasteiger partial charge on any atom is 0 e. The van der Waals surface area contributed by atoms with Crippen molar-refractivity contribution in [2.75, 3.05) is 0 Å². The van der Waals surface area contributed by atoms with Gasteiger partial charge >= 0.3 is 33.9 Å². The molecule has 0 heterocycles. The first-order valence-corrected chi connectivity index (χ1v) is 3.02. The fourth-order valence-corrected chi connectivity index (χ4v) is 0.566. The molecule has 4 nitrogen and oxygen atoms in total. The maximum Gasteiger partial charge on any atom is 0 e. The Balaban J connectivity index is -0.0000000755. The second-order valence-corrected chi connectivity index (χ2v) is 1.62. The summed E-state index contributed by atoms with van der Waals surface area (Å²) in [4.78, 5) is 0.